The molecule has 0 unspecified atom stereocenters. The molecule has 0 atom stereocenters. The minimum Gasteiger partial charge on any atom is -0.296 e. The molecule has 0 aromatic heterocycles. The number of carbonyl (C=O) groups is 1. The summed E-state index contributed by atoms with van der Waals surface area (Å²) in [5.41, 5.74) is 0. The molecule has 0 rings (SSSR count). The fourth-order valence-corrected chi connectivity index (χ4v) is 0.792. The second-order valence-corrected chi connectivity index (χ2v) is 2.24. The summed E-state index contributed by atoms with van der Waals surface area (Å²) in [7, 11) is 0. The van der Waals surface area contributed by atoms with Gasteiger partial charge < -0.3 is 0 Å². The van der Waals surface area contributed by atoms with Gasteiger partial charge in [0.05, 0.1) is 6.54 Å². The zero-order chi connectivity index (χ0) is 7.28. The van der Waals surface area contributed by atoms with Gasteiger partial charge in [-0.1, -0.05) is 13.8 Å². The van der Waals surface area contributed by atoms with Crippen molar-refractivity contribution in [3.05, 3.63) is 0 Å². The van der Waals surface area contributed by atoms with Gasteiger partial charge in [-0.25, -0.2) is 0 Å². The largest absolute Gasteiger partial charge is 0.296 e. The predicted molar refractivity (Wildman–Crippen MR) is 45.9 cm³/mol. The van der Waals surface area contributed by atoms with E-state index in [1.165, 1.54) is 0 Å². The first-order chi connectivity index (χ1) is 4.20. The Balaban J connectivity index is 0. The molecule has 0 amide bonds. The van der Waals surface area contributed by atoms with Gasteiger partial charge in [0.2, 0.25) is 5.24 Å². The summed E-state index contributed by atoms with van der Waals surface area (Å²) >= 11 is 5.15. The molecular formula is C6H13Cl2NO. The van der Waals surface area contributed by atoms with Crippen LogP contribution in [0.1, 0.15) is 13.8 Å². The third-order valence-electron chi connectivity index (χ3n) is 1.24. The molecule has 0 heterocycles. The van der Waals surface area contributed by atoms with Crippen molar-refractivity contribution < 1.29 is 4.79 Å². The van der Waals surface area contributed by atoms with E-state index in [0.29, 0.717) is 6.54 Å². The summed E-state index contributed by atoms with van der Waals surface area (Å²) in [6, 6.07) is 0. The molecule has 0 fully saturated rings. The molecule has 4 heteroatoms. The normalized spacial score (nSPS) is 9.20. The Hall–Kier alpha value is 0.210. The van der Waals surface area contributed by atoms with Crippen LogP contribution in [0, 0.1) is 0 Å². The highest BCUT2D eigenvalue weighted by Gasteiger charge is 2.01. The first-order valence-corrected chi connectivity index (χ1v) is 3.49. The molecule has 0 aliphatic rings. The summed E-state index contributed by atoms with van der Waals surface area (Å²) in [5, 5.41) is -0.279. The number of likely N-dealkylation sites (N-methyl/N-ethyl adjacent to an activating group) is 1. The van der Waals surface area contributed by atoms with Gasteiger partial charge in [-0.15, -0.1) is 12.4 Å². The number of carbonyl (C=O) groups excluding carboxylic acids is 1. The Morgan fingerprint density at radius 3 is 1.90 bits per heavy atom. The van der Waals surface area contributed by atoms with Gasteiger partial charge in [0.15, 0.2) is 0 Å². The Morgan fingerprint density at radius 2 is 1.80 bits per heavy atom. The molecule has 0 aromatic carbocycles. The summed E-state index contributed by atoms with van der Waals surface area (Å²) < 4.78 is 0. The SMILES string of the molecule is CCN(CC)CC(=O)Cl.Cl. The second kappa shape index (κ2) is 7.32. The summed E-state index contributed by atoms with van der Waals surface area (Å²) in [6.07, 6.45) is 0. The second-order valence-electron chi connectivity index (χ2n) is 1.82. The van der Waals surface area contributed by atoms with Crippen LogP contribution in [-0.4, -0.2) is 29.8 Å². The Bertz CT molecular complexity index is 93.7. The summed E-state index contributed by atoms with van der Waals surface area (Å²) in [5.74, 6) is 0. The van der Waals surface area contributed by atoms with Crippen LogP contribution in [0.3, 0.4) is 0 Å². The van der Waals surface area contributed by atoms with Gasteiger partial charge in [0, 0.05) is 0 Å². The standard InChI is InChI=1S/C6H12ClNO.ClH/c1-3-8(4-2)5-6(7)9;/h3-5H2,1-2H3;1H. The average Bonchev–Trinajstić information content (AvgIpc) is 1.82. The number of hydrogen-bond donors (Lipinski definition) is 0. The molecule has 0 bridgehead atoms. The van der Waals surface area contributed by atoms with E-state index in [4.69, 9.17) is 11.6 Å². The monoisotopic (exact) mass is 185 g/mol. The van der Waals surface area contributed by atoms with Crippen LogP contribution in [0.4, 0.5) is 0 Å². The summed E-state index contributed by atoms with van der Waals surface area (Å²) in [6.45, 7) is 6.14. The van der Waals surface area contributed by atoms with Gasteiger partial charge in [-0.3, -0.25) is 9.69 Å². The molecule has 0 aliphatic carbocycles. The van der Waals surface area contributed by atoms with Crippen LogP contribution in [0.5, 0.6) is 0 Å². The first kappa shape index (κ1) is 12.8. The van der Waals surface area contributed by atoms with E-state index in [1.807, 2.05) is 18.7 Å². The maximum absolute atomic E-state index is 10.3. The zero-order valence-electron chi connectivity index (χ0n) is 6.26. The average molecular weight is 186 g/mol. The third-order valence-corrected chi connectivity index (χ3v) is 1.36. The predicted octanol–water partition coefficient (Wildman–Crippen LogP) is 1.52. The van der Waals surface area contributed by atoms with Crippen molar-refractivity contribution in [2.75, 3.05) is 19.6 Å². The van der Waals surface area contributed by atoms with Gasteiger partial charge in [-0.2, -0.15) is 0 Å². The van der Waals surface area contributed by atoms with Crippen molar-refractivity contribution in [3.8, 4) is 0 Å². The van der Waals surface area contributed by atoms with Gasteiger partial charge in [0.1, 0.15) is 0 Å². The minimum absolute atomic E-state index is 0. The van der Waals surface area contributed by atoms with Gasteiger partial charge >= 0.3 is 0 Å². The maximum atomic E-state index is 10.3. The topological polar surface area (TPSA) is 20.3 Å². The quantitative estimate of drug-likeness (QED) is 0.620. The fraction of sp³-hybridized carbons (Fsp3) is 0.833. The molecule has 0 saturated heterocycles. The van der Waals surface area contributed by atoms with Crippen LogP contribution in [0.2, 0.25) is 0 Å². The Morgan fingerprint density at radius 1 is 1.40 bits per heavy atom. The van der Waals surface area contributed by atoms with E-state index < -0.39 is 0 Å². The van der Waals surface area contributed by atoms with Gasteiger partial charge in [-0.05, 0) is 24.7 Å². The number of rotatable bonds is 4. The number of halogens is 2. The lowest BCUT2D eigenvalue weighted by atomic mass is 10.5. The molecule has 2 nitrogen and oxygen atoms in total. The molecule has 0 aliphatic heterocycles. The lowest BCUT2D eigenvalue weighted by Gasteiger charge is -2.13. The molecule has 0 aromatic rings. The van der Waals surface area contributed by atoms with E-state index in [2.05, 4.69) is 0 Å². The molecule has 0 spiro atoms. The van der Waals surface area contributed by atoms with E-state index in [9.17, 15) is 4.79 Å². The maximum Gasteiger partial charge on any atom is 0.235 e. The third kappa shape index (κ3) is 6.33. The molecular weight excluding hydrogens is 173 g/mol. The number of hydrogen-bond acceptors (Lipinski definition) is 2. The number of nitrogens with zero attached hydrogens (tertiary/aromatic N) is 1. The molecule has 10 heavy (non-hydrogen) atoms. The van der Waals surface area contributed by atoms with Crippen molar-refractivity contribution in [2.24, 2.45) is 0 Å². The minimum atomic E-state index is -0.279. The van der Waals surface area contributed by atoms with Crippen LogP contribution < -0.4 is 0 Å². The molecule has 0 radical (unpaired) electrons. The molecule has 0 saturated carbocycles. The van der Waals surface area contributed by atoms with E-state index in [-0.39, 0.29) is 17.6 Å². The highest BCUT2D eigenvalue weighted by molar-refractivity contribution is 6.64. The Kier molecular flexibility index (Phi) is 9.40. The van der Waals surface area contributed by atoms with Crippen LogP contribution in [0.15, 0.2) is 0 Å². The van der Waals surface area contributed by atoms with Crippen molar-refractivity contribution in [2.45, 2.75) is 13.8 Å². The highest BCUT2D eigenvalue weighted by Crippen LogP contribution is 1.88. The zero-order valence-corrected chi connectivity index (χ0v) is 7.84. The van der Waals surface area contributed by atoms with Crippen LogP contribution >= 0.6 is 24.0 Å². The van der Waals surface area contributed by atoms with Crippen molar-refractivity contribution in [3.63, 3.8) is 0 Å². The van der Waals surface area contributed by atoms with E-state index in [1.54, 1.807) is 0 Å². The van der Waals surface area contributed by atoms with E-state index >= 15 is 0 Å². The van der Waals surface area contributed by atoms with Crippen molar-refractivity contribution >= 4 is 29.3 Å². The highest BCUT2D eigenvalue weighted by atomic mass is 35.5. The van der Waals surface area contributed by atoms with Gasteiger partial charge in [0.25, 0.3) is 0 Å². The smallest absolute Gasteiger partial charge is 0.235 e. The summed E-state index contributed by atoms with van der Waals surface area (Å²) in [4.78, 5) is 12.3. The Labute approximate surface area is 72.9 Å². The van der Waals surface area contributed by atoms with Crippen molar-refractivity contribution in [1.82, 2.24) is 4.90 Å². The first-order valence-electron chi connectivity index (χ1n) is 3.11. The molecule has 62 valence electrons. The van der Waals surface area contributed by atoms with Crippen molar-refractivity contribution in [1.29, 1.82) is 0 Å². The fourth-order valence-electron chi connectivity index (χ4n) is 0.623. The van der Waals surface area contributed by atoms with E-state index in [0.717, 1.165) is 13.1 Å². The lowest BCUT2D eigenvalue weighted by molar-refractivity contribution is -0.112. The van der Waals surface area contributed by atoms with Crippen LogP contribution in [0.25, 0.3) is 0 Å². The molecule has 0 N–H and O–H groups in total. The van der Waals surface area contributed by atoms with Crippen LogP contribution in [-0.2, 0) is 4.79 Å². The lowest BCUT2D eigenvalue weighted by Crippen LogP contribution is -2.27.